The summed E-state index contributed by atoms with van der Waals surface area (Å²) in [5.74, 6) is -2.94. The summed E-state index contributed by atoms with van der Waals surface area (Å²) in [5.41, 5.74) is -4.42. The molecule has 0 amide bonds. The standard InChI is InChI=1S/C17H10F7N3O3/c1-29-11-4-5-27-14(28)12(13(17(22,23)24)26-15(27)25-11)8-2-3-10(9(18)6-8)30-7-16(19,20)21/h2-6H,7H2,1H3. The molecule has 30 heavy (non-hydrogen) atoms. The van der Waals surface area contributed by atoms with Gasteiger partial charge in [0.1, 0.15) is 0 Å². The van der Waals surface area contributed by atoms with Gasteiger partial charge in [-0.3, -0.25) is 9.20 Å². The van der Waals surface area contributed by atoms with Crippen LogP contribution in [-0.2, 0) is 6.18 Å². The van der Waals surface area contributed by atoms with Crippen molar-refractivity contribution in [2.24, 2.45) is 0 Å². The summed E-state index contributed by atoms with van der Waals surface area (Å²) in [6.45, 7) is -1.80. The van der Waals surface area contributed by atoms with E-state index in [-0.39, 0.29) is 5.88 Å². The minimum absolute atomic E-state index is 0.0972. The molecule has 0 saturated heterocycles. The highest BCUT2D eigenvalue weighted by atomic mass is 19.4. The van der Waals surface area contributed by atoms with Crippen molar-refractivity contribution in [1.29, 1.82) is 0 Å². The zero-order chi connectivity index (χ0) is 22.3. The molecular weight excluding hydrogens is 427 g/mol. The van der Waals surface area contributed by atoms with Crippen LogP contribution in [0.2, 0.25) is 0 Å². The molecule has 0 atom stereocenters. The Morgan fingerprint density at radius 1 is 1.07 bits per heavy atom. The second kappa shape index (κ2) is 7.46. The van der Waals surface area contributed by atoms with Crippen molar-refractivity contribution in [3.05, 3.63) is 52.3 Å². The fourth-order valence-electron chi connectivity index (χ4n) is 2.52. The van der Waals surface area contributed by atoms with E-state index in [9.17, 15) is 35.5 Å². The largest absolute Gasteiger partial charge is 0.481 e. The van der Waals surface area contributed by atoms with E-state index in [0.717, 1.165) is 12.3 Å². The number of benzene rings is 1. The maximum absolute atomic E-state index is 14.2. The Kier molecular flexibility index (Phi) is 5.31. The topological polar surface area (TPSA) is 65.7 Å². The van der Waals surface area contributed by atoms with E-state index in [1.54, 1.807) is 0 Å². The molecule has 0 bridgehead atoms. The second-order valence-corrected chi connectivity index (χ2v) is 5.83. The van der Waals surface area contributed by atoms with Crippen LogP contribution in [0.15, 0.2) is 35.3 Å². The van der Waals surface area contributed by atoms with Gasteiger partial charge in [0.25, 0.3) is 5.56 Å². The number of nitrogens with zero attached hydrogens (tertiary/aromatic N) is 3. The smallest absolute Gasteiger partial charge is 0.434 e. The highest BCUT2D eigenvalue weighted by Crippen LogP contribution is 2.35. The average Bonchev–Trinajstić information content (AvgIpc) is 2.65. The van der Waals surface area contributed by atoms with Gasteiger partial charge in [-0.25, -0.2) is 9.37 Å². The molecule has 0 unspecified atom stereocenters. The summed E-state index contributed by atoms with van der Waals surface area (Å²) in [5, 5.41) is 0. The highest BCUT2D eigenvalue weighted by molar-refractivity contribution is 5.68. The number of rotatable bonds is 4. The minimum atomic E-state index is -5.12. The minimum Gasteiger partial charge on any atom is -0.481 e. The SMILES string of the molecule is COc1ccn2c(=O)c(-c3ccc(OCC(F)(F)F)c(F)c3)c(C(F)(F)F)nc2n1. The zero-order valence-electron chi connectivity index (χ0n) is 14.8. The number of ether oxygens (including phenoxy) is 2. The van der Waals surface area contributed by atoms with Gasteiger partial charge >= 0.3 is 12.4 Å². The third kappa shape index (κ3) is 4.28. The van der Waals surface area contributed by atoms with Gasteiger partial charge in [0.2, 0.25) is 11.7 Å². The third-order valence-electron chi connectivity index (χ3n) is 3.76. The van der Waals surface area contributed by atoms with Crippen LogP contribution >= 0.6 is 0 Å². The van der Waals surface area contributed by atoms with Gasteiger partial charge in [0.05, 0.1) is 12.7 Å². The van der Waals surface area contributed by atoms with Crippen molar-refractivity contribution in [1.82, 2.24) is 14.4 Å². The van der Waals surface area contributed by atoms with E-state index in [0.29, 0.717) is 16.5 Å². The number of hydrogen-bond acceptors (Lipinski definition) is 5. The fraction of sp³-hybridized carbons (Fsp3) is 0.235. The van der Waals surface area contributed by atoms with Gasteiger partial charge in [-0.1, -0.05) is 6.07 Å². The van der Waals surface area contributed by atoms with E-state index in [1.807, 2.05) is 0 Å². The first kappa shape index (κ1) is 21.3. The van der Waals surface area contributed by atoms with E-state index < -0.39 is 58.7 Å². The Bertz CT molecular complexity index is 1160. The fourth-order valence-corrected chi connectivity index (χ4v) is 2.52. The molecule has 160 valence electrons. The first-order chi connectivity index (χ1) is 13.9. The van der Waals surface area contributed by atoms with Crippen LogP contribution in [0.25, 0.3) is 16.9 Å². The van der Waals surface area contributed by atoms with E-state index in [1.165, 1.54) is 13.2 Å². The molecule has 13 heteroatoms. The summed E-state index contributed by atoms with van der Waals surface area (Å²) >= 11 is 0. The lowest BCUT2D eigenvalue weighted by atomic mass is 10.0. The van der Waals surface area contributed by atoms with Crippen LogP contribution < -0.4 is 15.0 Å². The van der Waals surface area contributed by atoms with Crippen molar-refractivity contribution in [2.75, 3.05) is 13.7 Å². The molecular formula is C17H10F7N3O3. The van der Waals surface area contributed by atoms with Crippen LogP contribution in [-0.4, -0.2) is 34.3 Å². The Morgan fingerprint density at radius 3 is 2.33 bits per heavy atom. The normalized spacial score (nSPS) is 12.3. The van der Waals surface area contributed by atoms with Gasteiger partial charge in [-0.05, 0) is 17.7 Å². The molecule has 0 radical (unpaired) electrons. The molecule has 0 aliphatic heterocycles. The summed E-state index contributed by atoms with van der Waals surface area (Å²) in [4.78, 5) is 19.7. The van der Waals surface area contributed by atoms with Crippen LogP contribution in [0.5, 0.6) is 11.6 Å². The van der Waals surface area contributed by atoms with Gasteiger partial charge in [-0.2, -0.15) is 31.3 Å². The van der Waals surface area contributed by atoms with Gasteiger partial charge < -0.3 is 9.47 Å². The third-order valence-corrected chi connectivity index (χ3v) is 3.76. The summed E-state index contributed by atoms with van der Waals surface area (Å²) in [7, 11) is 1.21. The van der Waals surface area contributed by atoms with E-state index in [4.69, 9.17) is 4.74 Å². The van der Waals surface area contributed by atoms with E-state index >= 15 is 0 Å². The van der Waals surface area contributed by atoms with Crippen molar-refractivity contribution in [3.8, 4) is 22.8 Å². The number of aromatic nitrogens is 3. The number of methoxy groups -OCH3 is 1. The lowest BCUT2D eigenvalue weighted by molar-refractivity contribution is -0.153. The molecule has 0 spiro atoms. The van der Waals surface area contributed by atoms with E-state index in [2.05, 4.69) is 14.7 Å². The Balaban J connectivity index is 2.18. The number of halogens is 7. The highest BCUT2D eigenvalue weighted by Gasteiger charge is 2.38. The molecule has 1 aromatic carbocycles. The van der Waals surface area contributed by atoms with Crippen molar-refractivity contribution < 1.29 is 40.2 Å². The summed E-state index contributed by atoms with van der Waals surface area (Å²) in [6.07, 6.45) is -8.79. The average molecular weight is 437 g/mol. The zero-order valence-corrected chi connectivity index (χ0v) is 14.8. The maximum atomic E-state index is 14.2. The molecule has 2 heterocycles. The van der Waals surface area contributed by atoms with Crippen molar-refractivity contribution in [2.45, 2.75) is 12.4 Å². The molecule has 6 nitrogen and oxygen atoms in total. The monoisotopic (exact) mass is 437 g/mol. The second-order valence-electron chi connectivity index (χ2n) is 5.83. The van der Waals surface area contributed by atoms with Gasteiger partial charge in [0.15, 0.2) is 23.9 Å². The number of hydrogen-bond donors (Lipinski definition) is 0. The molecule has 0 aliphatic carbocycles. The quantitative estimate of drug-likeness (QED) is 0.580. The molecule has 3 rings (SSSR count). The van der Waals surface area contributed by atoms with Crippen LogP contribution in [0.1, 0.15) is 5.69 Å². The molecule has 3 aromatic rings. The summed E-state index contributed by atoms with van der Waals surface area (Å²) in [6, 6.07) is 3.17. The lowest BCUT2D eigenvalue weighted by Crippen LogP contribution is -2.25. The van der Waals surface area contributed by atoms with Crippen LogP contribution in [0.3, 0.4) is 0 Å². The lowest BCUT2D eigenvalue weighted by Gasteiger charge is -2.14. The van der Waals surface area contributed by atoms with Gasteiger partial charge in [0, 0.05) is 12.3 Å². The molecule has 2 aromatic heterocycles. The maximum Gasteiger partial charge on any atom is 0.434 e. The number of alkyl halides is 6. The molecule has 0 N–H and O–H groups in total. The van der Waals surface area contributed by atoms with Crippen LogP contribution in [0, 0.1) is 5.82 Å². The van der Waals surface area contributed by atoms with Gasteiger partial charge in [-0.15, -0.1) is 0 Å². The van der Waals surface area contributed by atoms with Crippen molar-refractivity contribution in [3.63, 3.8) is 0 Å². The molecule has 0 aliphatic rings. The molecule has 0 fully saturated rings. The summed E-state index contributed by atoms with van der Waals surface area (Å²) < 4.78 is 101. The number of fused-ring (bicyclic) bond motifs is 1. The van der Waals surface area contributed by atoms with Crippen molar-refractivity contribution >= 4 is 5.78 Å². The first-order valence-corrected chi connectivity index (χ1v) is 7.95. The Labute approximate surface area is 162 Å². The predicted molar refractivity (Wildman–Crippen MR) is 87.8 cm³/mol. The Morgan fingerprint density at radius 2 is 1.77 bits per heavy atom. The Hall–Kier alpha value is -3.38. The first-order valence-electron chi connectivity index (χ1n) is 7.95. The molecule has 0 saturated carbocycles. The van der Waals surface area contributed by atoms with Crippen LogP contribution in [0.4, 0.5) is 30.7 Å². The predicted octanol–water partition coefficient (Wildman–Crippen LogP) is 3.86.